The van der Waals surface area contributed by atoms with Crippen LogP contribution in [0.1, 0.15) is 33.7 Å². The highest BCUT2D eigenvalue weighted by atomic mass is 19.4. The number of carbonyl (C=O) groups is 2. The third kappa shape index (κ3) is 5.95. The van der Waals surface area contributed by atoms with E-state index in [4.69, 9.17) is 10.2 Å². The van der Waals surface area contributed by atoms with Gasteiger partial charge in [0.25, 0.3) is 5.91 Å². The zero-order valence-corrected chi connectivity index (χ0v) is 20.9. The van der Waals surface area contributed by atoms with Crippen LogP contribution < -0.4 is 11.1 Å². The van der Waals surface area contributed by atoms with Crippen LogP contribution in [0.2, 0.25) is 0 Å². The van der Waals surface area contributed by atoms with Crippen LogP contribution in [-0.2, 0) is 17.5 Å². The topological polar surface area (TPSA) is 114 Å². The van der Waals surface area contributed by atoms with Crippen molar-refractivity contribution in [2.24, 2.45) is 0 Å². The van der Waals surface area contributed by atoms with Crippen LogP contribution >= 0.6 is 0 Å². The molecule has 1 saturated heterocycles. The maximum atomic E-state index is 13.9. The Balaban J connectivity index is 1.35. The summed E-state index contributed by atoms with van der Waals surface area (Å²) in [5, 5.41) is 2.74. The number of nitrogens with one attached hydrogen (secondary N) is 1. The van der Waals surface area contributed by atoms with E-state index in [0.29, 0.717) is 17.9 Å². The van der Waals surface area contributed by atoms with Gasteiger partial charge in [0, 0.05) is 36.0 Å². The van der Waals surface area contributed by atoms with Gasteiger partial charge in [0.2, 0.25) is 5.91 Å². The van der Waals surface area contributed by atoms with Gasteiger partial charge < -0.3 is 20.4 Å². The molecule has 4 heterocycles. The number of nitrogens with zero attached hydrogens (tertiary/aromatic N) is 3. The summed E-state index contributed by atoms with van der Waals surface area (Å²) in [6.45, 7) is 0.161. The first kappa shape index (κ1) is 26.9. The van der Waals surface area contributed by atoms with Crippen molar-refractivity contribution in [2.45, 2.75) is 25.3 Å². The van der Waals surface area contributed by atoms with Gasteiger partial charge >= 0.3 is 6.18 Å². The highest BCUT2D eigenvalue weighted by molar-refractivity contribution is 5.95. The first-order valence-corrected chi connectivity index (χ1v) is 12.3. The minimum absolute atomic E-state index is 0.00577. The van der Waals surface area contributed by atoms with E-state index in [0.717, 1.165) is 6.07 Å². The van der Waals surface area contributed by atoms with Crippen molar-refractivity contribution in [3.05, 3.63) is 83.4 Å². The molecule has 2 amide bonds. The van der Waals surface area contributed by atoms with Crippen molar-refractivity contribution in [2.75, 3.05) is 18.8 Å². The Hall–Kier alpha value is -4.74. The molecule has 12 heteroatoms. The van der Waals surface area contributed by atoms with Gasteiger partial charge in [-0.15, -0.1) is 0 Å². The number of anilines is 1. The molecule has 1 atom stereocenters. The smallest absolute Gasteiger partial charge is 0.420 e. The van der Waals surface area contributed by atoms with Gasteiger partial charge in [0.1, 0.15) is 23.3 Å². The van der Waals surface area contributed by atoms with E-state index in [-0.39, 0.29) is 59.0 Å². The predicted molar refractivity (Wildman–Crippen MR) is 139 cm³/mol. The van der Waals surface area contributed by atoms with Crippen LogP contribution in [0, 0.1) is 0 Å². The maximum Gasteiger partial charge on any atom is 0.420 e. The molecule has 206 valence electrons. The quantitative estimate of drug-likeness (QED) is 0.257. The summed E-state index contributed by atoms with van der Waals surface area (Å²) in [7, 11) is 0. The summed E-state index contributed by atoms with van der Waals surface area (Å²) in [5.41, 5.74) is 5.40. The molecule has 4 aromatic rings. The number of rotatable bonds is 6. The lowest BCUT2D eigenvalue weighted by molar-refractivity contribution is -0.136. The zero-order chi connectivity index (χ0) is 28.4. The van der Waals surface area contributed by atoms with Gasteiger partial charge in [-0.05, 0) is 60.5 Å². The Bertz CT molecular complexity index is 1580. The second kappa shape index (κ2) is 10.8. The third-order valence-electron chi connectivity index (χ3n) is 6.37. The Morgan fingerprint density at radius 1 is 1.12 bits per heavy atom. The number of alkyl halides is 4. The van der Waals surface area contributed by atoms with Gasteiger partial charge in [-0.25, -0.2) is 9.37 Å². The molecule has 8 nitrogen and oxygen atoms in total. The molecule has 1 aliphatic heterocycles. The van der Waals surface area contributed by atoms with Crippen LogP contribution in [-0.4, -0.2) is 45.9 Å². The van der Waals surface area contributed by atoms with Crippen molar-refractivity contribution in [1.82, 2.24) is 20.2 Å². The molecule has 1 aromatic carbocycles. The number of halogens is 4. The molecule has 0 unspecified atom stereocenters. The van der Waals surface area contributed by atoms with Crippen LogP contribution in [0.15, 0.2) is 65.4 Å². The summed E-state index contributed by atoms with van der Waals surface area (Å²) in [6, 6.07) is 10.00. The fraction of sp³-hybridized carbons (Fsp3) is 0.214. The SMILES string of the molecule is Nc1ccc(/C=C/C(=O)NCc2cc3cc(-c4ccc(C(=O)N5CC[C@H](F)C5)cn4)cc(C(F)(F)F)c3o2)cn1. The number of pyridine rings is 2. The lowest BCUT2D eigenvalue weighted by Gasteiger charge is -2.15. The molecule has 40 heavy (non-hydrogen) atoms. The Morgan fingerprint density at radius 2 is 1.95 bits per heavy atom. The number of fused-ring (bicyclic) bond motifs is 1. The van der Waals surface area contributed by atoms with E-state index < -0.39 is 23.8 Å². The molecule has 0 aliphatic carbocycles. The number of amides is 2. The van der Waals surface area contributed by atoms with E-state index in [1.807, 2.05) is 0 Å². The lowest BCUT2D eigenvalue weighted by Crippen LogP contribution is -2.29. The van der Waals surface area contributed by atoms with E-state index >= 15 is 0 Å². The summed E-state index contributed by atoms with van der Waals surface area (Å²) >= 11 is 0. The van der Waals surface area contributed by atoms with Gasteiger partial charge in [0.05, 0.1) is 29.9 Å². The number of hydrogen-bond donors (Lipinski definition) is 2. The summed E-state index contributed by atoms with van der Waals surface area (Å²) in [6.07, 6.45) is 0.00944. The van der Waals surface area contributed by atoms with Crippen molar-refractivity contribution in [3.8, 4) is 11.3 Å². The second-order valence-corrected chi connectivity index (χ2v) is 9.29. The highest BCUT2D eigenvalue weighted by Crippen LogP contribution is 2.39. The molecule has 5 rings (SSSR count). The number of nitrogen functional groups attached to an aromatic ring is 1. The Labute approximate surface area is 225 Å². The molecule has 0 spiro atoms. The molecule has 3 N–H and O–H groups in total. The highest BCUT2D eigenvalue weighted by Gasteiger charge is 2.35. The first-order valence-electron chi connectivity index (χ1n) is 12.3. The van der Waals surface area contributed by atoms with Gasteiger partial charge in [-0.3, -0.25) is 14.6 Å². The van der Waals surface area contributed by atoms with E-state index in [9.17, 15) is 27.2 Å². The number of likely N-dealkylation sites (tertiary alicyclic amines) is 1. The molecule has 0 bridgehead atoms. The molecular formula is C28H23F4N5O3. The number of aromatic nitrogens is 2. The summed E-state index contributed by atoms with van der Waals surface area (Å²) < 4.78 is 60.8. The van der Waals surface area contributed by atoms with Crippen LogP contribution in [0.5, 0.6) is 0 Å². The number of benzene rings is 1. The summed E-state index contributed by atoms with van der Waals surface area (Å²) in [4.78, 5) is 34.2. The molecular weight excluding hydrogens is 530 g/mol. The fourth-order valence-corrected chi connectivity index (χ4v) is 4.35. The maximum absolute atomic E-state index is 13.9. The van der Waals surface area contributed by atoms with Crippen LogP contribution in [0.4, 0.5) is 23.4 Å². The fourth-order valence-electron chi connectivity index (χ4n) is 4.35. The van der Waals surface area contributed by atoms with Crippen LogP contribution in [0.3, 0.4) is 0 Å². The number of hydrogen-bond acceptors (Lipinski definition) is 6. The Morgan fingerprint density at radius 3 is 2.60 bits per heavy atom. The largest absolute Gasteiger partial charge is 0.459 e. The number of carbonyl (C=O) groups excluding carboxylic acids is 2. The van der Waals surface area contributed by atoms with Crippen molar-refractivity contribution in [1.29, 1.82) is 0 Å². The van der Waals surface area contributed by atoms with Crippen LogP contribution in [0.25, 0.3) is 28.3 Å². The van der Waals surface area contributed by atoms with Gasteiger partial charge in [-0.2, -0.15) is 13.2 Å². The van der Waals surface area contributed by atoms with Gasteiger partial charge in [0.15, 0.2) is 0 Å². The van der Waals surface area contributed by atoms with Crippen molar-refractivity contribution >= 4 is 34.7 Å². The normalized spacial score (nSPS) is 15.7. The first-order chi connectivity index (χ1) is 19.1. The van der Waals surface area contributed by atoms with Gasteiger partial charge in [-0.1, -0.05) is 0 Å². The van der Waals surface area contributed by atoms with Crippen molar-refractivity contribution < 1.29 is 31.6 Å². The zero-order valence-electron chi connectivity index (χ0n) is 20.9. The molecule has 1 aliphatic rings. The second-order valence-electron chi connectivity index (χ2n) is 9.29. The van der Waals surface area contributed by atoms with E-state index in [1.54, 1.807) is 12.1 Å². The lowest BCUT2D eigenvalue weighted by atomic mass is 10.0. The average Bonchev–Trinajstić information content (AvgIpc) is 3.56. The molecule has 0 saturated carbocycles. The minimum Gasteiger partial charge on any atom is -0.459 e. The minimum atomic E-state index is -4.73. The molecule has 1 fully saturated rings. The molecule has 0 radical (unpaired) electrons. The van der Waals surface area contributed by atoms with E-state index in [2.05, 4.69) is 15.3 Å². The molecule has 3 aromatic heterocycles. The van der Waals surface area contributed by atoms with E-state index in [1.165, 1.54) is 53.7 Å². The Kier molecular flexibility index (Phi) is 7.24. The predicted octanol–water partition coefficient (Wildman–Crippen LogP) is 5.00. The monoisotopic (exact) mass is 553 g/mol. The standard InChI is InChI=1S/C28H23F4N5O3/c29-20-7-8-37(15-20)27(39)17-3-4-23(34-13-17)18-9-19-10-21(40-26(19)22(11-18)28(30,31)32)14-36-25(38)6-2-16-1-5-24(33)35-12-16/h1-6,9-13,20H,7-8,14-15H2,(H2,33,35)(H,36,38)/b6-2+/t20-/m0/s1. The number of furan rings is 1. The van der Waals surface area contributed by atoms with Crippen molar-refractivity contribution in [3.63, 3.8) is 0 Å². The summed E-state index contributed by atoms with van der Waals surface area (Å²) in [5.74, 6) is -0.402. The average molecular weight is 554 g/mol. The number of nitrogens with two attached hydrogens (primary N) is 1. The third-order valence-corrected chi connectivity index (χ3v) is 6.37.